The molecule has 4 heteroatoms. The second kappa shape index (κ2) is 7.13. The highest BCUT2D eigenvalue weighted by Gasteiger charge is 2.20. The lowest BCUT2D eigenvalue weighted by Crippen LogP contribution is -2.35. The zero-order valence-corrected chi connectivity index (χ0v) is 11.3. The monoisotopic (exact) mass is 250 g/mol. The summed E-state index contributed by atoms with van der Waals surface area (Å²) in [5, 5.41) is 0. The SMILES string of the molecule is COC(CN)CC(=O)N(C)C(C)c1ccccc1. The van der Waals surface area contributed by atoms with Crippen molar-refractivity contribution in [2.24, 2.45) is 5.73 Å². The number of hydrogen-bond donors (Lipinski definition) is 1. The lowest BCUT2D eigenvalue weighted by Gasteiger charge is -2.26. The van der Waals surface area contributed by atoms with E-state index in [0.717, 1.165) is 5.56 Å². The predicted octanol–water partition coefficient (Wildman–Crippen LogP) is 1.57. The molecule has 4 nitrogen and oxygen atoms in total. The molecule has 1 aromatic carbocycles. The van der Waals surface area contributed by atoms with Gasteiger partial charge < -0.3 is 15.4 Å². The Morgan fingerprint density at radius 3 is 2.50 bits per heavy atom. The topological polar surface area (TPSA) is 55.6 Å². The molecular formula is C14H22N2O2. The fourth-order valence-electron chi connectivity index (χ4n) is 1.77. The van der Waals surface area contributed by atoms with Gasteiger partial charge in [-0.1, -0.05) is 30.3 Å². The van der Waals surface area contributed by atoms with E-state index in [9.17, 15) is 4.79 Å². The van der Waals surface area contributed by atoms with Gasteiger partial charge in [0.2, 0.25) is 5.91 Å². The number of nitrogens with zero attached hydrogens (tertiary/aromatic N) is 1. The third kappa shape index (κ3) is 3.82. The molecule has 0 radical (unpaired) electrons. The number of carbonyl (C=O) groups is 1. The summed E-state index contributed by atoms with van der Waals surface area (Å²) in [6.45, 7) is 2.37. The summed E-state index contributed by atoms with van der Waals surface area (Å²) in [5.41, 5.74) is 6.64. The Kier molecular flexibility index (Phi) is 5.82. The molecule has 2 unspecified atom stereocenters. The number of benzene rings is 1. The Morgan fingerprint density at radius 2 is 2.00 bits per heavy atom. The van der Waals surface area contributed by atoms with Crippen LogP contribution in [0.2, 0.25) is 0 Å². The summed E-state index contributed by atoms with van der Waals surface area (Å²) in [6.07, 6.45) is 0.114. The standard InChI is InChI=1S/C14H22N2O2/c1-11(12-7-5-4-6-8-12)16(2)14(17)9-13(10-15)18-3/h4-8,11,13H,9-10,15H2,1-3H3. The molecule has 0 aliphatic carbocycles. The minimum Gasteiger partial charge on any atom is -0.380 e. The number of hydrogen-bond acceptors (Lipinski definition) is 3. The van der Waals surface area contributed by atoms with Gasteiger partial charge in [0.25, 0.3) is 0 Å². The van der Waals surface area contributed by atoms with Crippen molar-refractivity contribution in [2.45, 2.75) is 25.5 Å². The smallest absolute Gasteiger partial charge is 0.225 e. The van der Waals surface area contributed by atoms with Gasteiger partial charge in [-0.15, -0.1) is 0 Å². The first-order valence-electron chi connectivity index (χ1n) is 6.13. The highest BCUT2D eigenvalue weighted by molar-refractivity contribution is 5.77. The van der Waals surface area contributed by atoms with Crippen LogP contribution in [0.3, 0.4) is 0 Å². The maximum atomic E-state index is 12.1. The van der Waals surface area contributed by atoms with Gasteiger partial charge in [0.05, 0.1) is 18.6 Å². The molecule has 0 saturated carbocycles. The van der Waals surface area contributed by atoms with Crippen molar-refractivity contribution in [3.05, 3.63) is 35.9 Å². The van der Waals surface area contributed by atoms with Gasteiger partial charge in [0.15, 0.2) is 0 Å². The normalized spacial score (nSPS) is 14.0. The highest BCUT2D eigenvalue weighted by Crippen LogP contribution is 2.19. The number of ether oxygens (including phenoxy) is 1. The molecule has 18 heavy (non-hydrogen) atoms. The van der Waals surface area contributed by atoms with E-state index < -0.39 is 0 Å². The fourth-order valence-corrected chi connectivity index (χ4v) is 1.77. The number of carbonyl (C=O) groups excluding carboxylic acids is 1. The summed E-state index contributed by atoms with van der Waals surface area (Å²) >= 11 is 0. The van der Waals surface area contributed by atoms with E-state index in [-0.39, 0.29) is 18.1 Å². The molecule has 2 atom stereocenters. The molecule has 0 aliphatic rings. The minimum atomic E-state index is -0.206. The quantitative estimate of drug-likeness (QED) is 0.833. The molecule has 0 spiro atoms. The number of methoxy groups -OCH3 is 1. The largest absolute Gasteiger partial charge is 0.380 e. The molecule has 1 rings (SSSR count). The summed E-state index contributed by atoms with van der Waals surface area (Å²) in [5.74, 6) is 0.0450. The third-order valence-corrected chi connectivity index (χ3v) is 3.25. The second-order valence-electron chi connectivity index (χ2n) is 4.39. The summed E-state index contributed by atoms with van der Waals surface area (Å²) in [6, 6.07) is 10.0. The van der Waals surface area contributed by atoms with Crippen molar-refractivity contribution < 1.29 is 9.53 Å². The van der Waals surface area contributed by atoms with Gasteiger partial charge in [-0.05, 0) is 12.5 Å². The van der Waals surface area contributed by atoms with Gasteiger partial charge in [-0.25, -0.2) is 0 Å². The van der Waals surface area contributed by atoms with Gasteiger partial charge in [0.1, 0.15) is 0 Å². The molecule has 0 aromatic heterocycles. The molecule has 0 aliphatic heterocycles. The third-order valence-electron chi connectivity index (χ3n) is 3.25. The van der Waals surface area contributed by atoms with Crippen molar-refractivity contribution in [2.75, 3.05) is 20.7 Å². The zero-order valence-electron chi connectivity index (χ0n) is 11.3. The molecule has 100 valence electrons. The van der Waals surface area contributed by atoms with E-state index in [4.69, 9.17) is 10.5 Å². The predicted molar refractivity (Wildman–Crippen MR) is 72.1 cm³/mol. The van der Waals surface area contributed by atoms with Crippen molar-refractivity contribution in [3.63, 3.8) is 0 Å². The Hall–Kier alpha value is -1.39. The van der Waals surface area contributed by atoms with E-state index in [1.807, 2.05) is 44.3 Å². The van der Waals surface area contributed by atoms with E-state index >= 15 is 0 Å². The van der Waals surface area contributed by atoms with Crippen LogP contribution in [-0.4, -0.2) is 37.6 Å². The molecule has 0 fully saturated rings. The summed E-state index contributed by atoms with van der Waals surface area (Å²) in [4.78, 5) is 13.8. The molecule has 1 amide bonds. The van der Waals surface area contributed by atoms with Crippen LogP contribution < -0.4 is 5.73 Å². The van der Waals surface area contributed by atoms with Gasteiger partial charge in [-0.2, -0.15) is 0 Å². The minimum absolute atomic E-state index is 0.0450. The zero-order chi connectivity index (χ0) is 13.5. The number of nitrogens with two attached hydrogens (primary N) is 1. The highest BCUT2D eigenvalue weighted by atomic mass is 16.5. The Balaban J connectivity index is 2.63. The first-order valence-corrected chi connectivity index (χ1v) is 6.13. The summed E-state index contributed by atoms with van der Waals surface area (Å²) < 4.78 is 5.13. The van der Waals surface area contributed by atoms with Crippen LogP contribution in [0.1, 0.15) is 24.9 Å². The fraction of sp³-hybridized carbons (Fsp3) is 0.500. The van der Waals surface area contributed by atoms with E-state index in [1.165, 1.54) is 0 Å². The lowest BCUT2D eigenvalue weighted by molar-refractivity contribution is -0.134. The number of amides is 1. The number of rotatable bonds is 6. The molecular weight excluding hydrogens is 228 g/mol. The van der Waals surface area contributed by atoms with Crippen LogP contribution in [0.4, 0.5) is 0 Å². The average molecular weight is 250 g/mol. The van der Waals surface area contributed by atoms with E-state index in [2.05, 4.69) is 0 Å². The van der Waals surface area contributed by atoms with Crippen LogP contribution in [0.5, 0.6) is 0 Å². The van der Waals surface area contributed by atoms with Crippen LogP contribution in [-0.2, 0) is 9.53 Å². The second-order valence-corrected chi connectivity index (χ2v) is 4.39. The van der Waals surface area contributed by atoms with Gasteiger partial charge in [0, 0.05) is 20.7 Å². The van der Waals surface area contributed by atoms with Gasteiger partial charge in [-0.3, -0.25) is 4.79 Å². The Bertz CT molecular complexity index is 363. The first kappa shape index (κ1) is 14.7. The maximum Gasteiger partial charge on any atom is 0.225 e. The molecule has 2 N–H and O–H groups in total. The van der Waals surface area contributed by atoms with Crippen molar-refractivity contribution >= 4 is 5.91 Å². The van der Waals surface area contributed by atoms with Crippen molar-refractivity contribution in [3.8, 4) is 0 Å². The maximum absolute atomic E-state index is 12.1. The molecule has 0 bridgehead atoms. The Labute approximate surface area is 109 Å². The lowest BCUT2D eigenvalue weighted by atomic mass is 10.1. The van der Waals surface area contributed by atoms with E-state index in [1.54, 1.807) is 12.0 Å². The van der Waals surface area contributed by atoms with Crippen molar-refractivity contribution in [1.29, 1.82) is 0 Å². The van der Waals surface area contributed by atoms with Crippen molar-refractivity contribution in [1.82, 2.24) is 4.90 Å². The van der Waals surface area contributed by atoms with E-state index in [0.29, 0.717) is 13.0 Å². The van der Waals surface area contributed by atoms with Crippen LogP contribution in [0.25, 0.3) is 0 Å². The molecule has 0 heterocycles. The van der Waals surface area contributed by atoms with Crippen LogP contribution in [0.15, 0.2) is 30.3 Å². The van der Waals surface area contributed by atoms with Gasteiger partial charge >= 0.3 is 0 Å². The van der Waals surface area contributed by atoms with Crippen LogP contribution in [0, 0.1) is 0 Å². The Morgan fingerprint density at radius 1 is 1.39 bits per heavy atom. The average Bonchev–Trinajstić information content (AvgIpc) is 2.43. The molecule has 0 saturated heterocycles. The van der Waals surface area contributed by atoms with Crippen LogP contribution >= 0.6 is 0 Å². The molecule has 1 aromatic rings. The summed E-state index contributed by atoms with van der Waals surface area (Å²) in [7, 11) is 3.38. The first-order chi connectivity index (χ1) is 8.60.